The molecule has 0 aromatic rings. The van der Waals surface area contributed by atoms with Gasteiger partial charge < -0.3 is 20.5 Å². The van der Waals surface area contributed by atoms with Crippen molar-refractivity contribution in [3.63, 3.8) is 0 Å². The van der Waals surface area contributed by atoms with Crippen LogP contribution in [0.1, 0.15) is 6.42 Å². The van der Waals surface area contributed by atoms with Crippen molar-refractivity contribution in [3.8, 4) is 0 Å². The third-order valence-electron chi connectivity index (χ3n) is 2.33. The van der Waals surface area contributed by atoms with Crippen LogP contribution in [0.25, 0.3) is 0 Å². The molecule has 7 heteroatoms. The highest BCUT2D eigenvalue weighted by Crippen LogP contribution is 2.23. The Labute approximate surface area is 98.1 Å². The molecule has 1 aliphatic heterocycles. The van der Waals surface area contributed by atoms with Gasteiger partial charge in [0.15, 0.2) is 0 Å². The van der Waals surface area contributed by atoms with Crippen LogP contribution in [0.15, 0.2) is 0 Å². The highest BCUT2D eigenvalue weighted by atomic mass is 32.2. The molecule has 0 spiro atoms. The third kappa shape index (κ3) is 3.10. The number of amides is 1. The molecule has 0 radical (unpaired) electrons. The highest BCUT2D eigenvalue weighted by Gasteiger charge is 2.39. The quantitative estimate of drug-likeness (QED) is 0.648. The molecule has 1 heterocycles. The number of nitrogens with zero attached hydrogens (tertiary/aromatic N) is 1. The van der Waals surface area contributed by atoms with Crippen LogP contribution >= 0.6 is 11.8 Å². The molecule has 0 aliphatic carbocycles. The summed E-state index contributed by atoms with van der Waals surface area (Å²) >= 11 is 1.05. The lowest BCUT2D eigenvalue weighted by Crippen LogP contribution is -2.39. The van der Waals surface area contributed by atoms with Crippen LogP contribution < -0.4 is 5.73 Å². The molecule has 1 saturated heterocycles. The second-order valence-corrected chi connectivity index (χ2v) is 4.53. The molecule has 0 bridgehead atoms. The van der Waals surface area contributed by atoms with Gasteiger partial charge in [0.1, 0.15) is 6.04 Å². The predicted octanol–water partition coefficient (Wildman–Crippen LogP) is -0.593. The molecule has 16 heavy (non-hydrogen) atoms. The van der Waals surface area contributed by atoms with E-state index in [0.717, 1.165) is 11.8 Å². The van der Waals surface area contributed by atoms with Gasteiger partial charge in [-0.25, -0.2) is 4.79 Å². The molecule has 3 N–H and O–H groups in total. The van der Waals surface area contributed by atoms with Crippen LogP contribution in [0.3, 0.4) is 0 Å². The summed E-state index contributed by atoms with van der Waals surface area (Å²) in [7, 11) is 1.27. The van der Waals surface area contributed by atoms with Crippen LogP contribution in [0.4, 0.5) is 4.79 Å². The average molecular weight is 248 g/mol. The maximum atomic E-state index is 11.7. The smallest absolute Gasteiger partial charge is 0.328 e. The second-order valence-electron chi connectivity index (χ2n) is 3.48. The topological polar surface area (TPSA) is 92.9 Å². The van der Waals surface area contributed by atoms with Gasteiger partial charge in [0.05, 0.1) is 13.2 Å². The number of hydrogen-bond acceptors (Lipinski definition) is 6. The SMILES string of the molecule is COC(=O)[C@@H]1CC(O)CN1C(=O)SCCN. The summed E-state index contributed by atoms with van der Waals surface area (Å²) in [6.07, 6.45) is -0.423. The minimum atomic E-state index is -0.669. The predicted molar refractivity (Wildman–Crippen MR) is 60.0 cm³/mol. The van der Waals surface area contributed by atoms with E-state index in [1.54, 1.807) is 0 Å². The zero-order valence-electron chi connectivity index (χ0n) is 9.09. The number of nitrogens with two attached hydrogens (primary N) is 1. The summed E-state index contributed by atoms with van der Waals surface area (Å²) in [5.41, 5.74) is 5.29. The summed E-state index contributed by atoms with van der Waals surface area (Å²) in [4.78, 5) is 24.4. The third-order valence-corrected chi connectivity index (χ3v) is 3.25. The number of β-amino-alcohol motifs (C(OH)–C–C–N with tert-alkyl or cyclic N) is 1. The molecule has 2 atom stereocenters. The lowest BCUT2D eigenvalue weighted by atomic mass is 10.2. The number of carbonyl (C=O) groups is 2. The van der Waals surface area contributed by atoms with E-state index in [9.17, 15) is 14.7 Å². The Bertz CT molecular complexity index is 274. The van der Waals surface area contributed by atoms with Crippen LogP contribution in [0.2, 0.25) is 0 Å². The van der Waals surface area contributed by atoms with Gasteiger partial charge in [0.2, 0.25) is 0 Å². The van der Waals surface area contributed by atoms with Gasteiger partial charge in [0, 0.05) is 25.3 Å². The fourth-order valence-corrected chi connectivity index (χ4v) is 2.26. The maximum Gasteiger partial charge on any atom is 0.328 e. The second kappa shape index (κ2) is 6.07. The average Bonchev–Trinajstić information content (AvgIpc) is 2.67. The number of carbonyl (C=O) groups excluding carboxylic acids is 2. The number of aliphatic hydroxyl groups excluding tert-OH is 1. The zero-order valence-corrected chi connectivity index (χ0v) is 9.90. The van der Waals surface area contributed by atoms with E-state index >= 15 is 0 Å². The number of rotatable bonds is 3. The minimum Gasteiger partial charge on any atom is -0.467 e. The van der Waals surface area contributed by atoms with E-state index in [2.05, 4.69) is 4.74 Å². The van der Waals surface area contributed by atoms with Gasteiger partial charge in [-0.2, -0.15) is 0 Å². The standard InChI is InChI=1S/C9H16N2O4S/c1-15-8(13)7-4-6(12)5-11(7)9(14)16-3-2-10/h6-7,12H,2-5,10H2,1H3/t6?,7-/m0/s1. The number of thioether (sulfide) groups is 1. The van der Waals surface area contributed by atoms with Gasteiger partial charge in [-0.15, -0.1) is 0 Å². The summed E-state index contributed by atoms with van der Waals surface area (Å²) < 4.78 is 4.59. The van der Waals surface area contributed by atoms with Crippen LogP contribution in [0.5, 0.6) is 0 Å². The van der Waals surface area contributed by atoms with E-state index in [-0.39, 0.29) is 18.2 Å². The Hall–Kier alpha value is -0.790. The molecule has 92 valence electrons. The van der Waals surface area contributed by atoms with Crippen molar-refractivity contribution < 1.29 is 19.4 Å². The van der Waals surface area contributed by atoms with Gasteiger partial charge in [-0.1, -0.05) is 11.8 Å². The number of methoxy groups -OCH3 is 1. The van der Waals surface area contributed by atoms with Crippen molar-refractivity contribution in [2.45, 2.75) is 18.6 Å². The van der Waals surface area contributed by atoms with Gasteiger partial charge in [-0.3, -0.25) is 4.79 Å². The van der Waals surface area contributed by atoms with Gasteiger partial charge >= 0.3 is 5.97 Å². The monoisotopic (exact) mass is 248 g/mol. The van der Waals surface area contributed by atoms with E-state index < -0.39 is 18.1 Å². The molecule has 0 saturated carbocycles. The zero-order chi connectivity index (χ0) is 12.1. The largest absolute Gasteiger partial charge is 0.467 e. The Morgan fingerprint density at radius 3 is 2.88 bits per heavy atom. The normalized spacial score (nSPS) is 24.6. The van der Waals surface area contributed by atoms with E-state index in [1.165, 1.54) is 12.0 Å². The molecule has 0 aromatic heterocycles. The lowest BCUT2D eigenvalue weighted by Gasteiger charge is -2.21. The lowest BCUT2D eigenvalue weighted by molar-refractivity contribution is -0.144. The Balaban J connectivity index is 2.61. The fraction of sp³-hybridized carbons (Fsp3) is 0.778. The highest BCUT2D eigenvalue weighted by molar-refractivity contribution is 8.13. The fourth-order valence-electron chi connectivity index (χ4n) is 1.60. The summed E-state index contributed by atoms with van der Waals surface area (Å²) in [6, 6.07) is -0.669. The van der Waals surface area contributed by atoms with Crippen LogP contribution in [-0.2, 0) is 9.53 Å². The molecule has 0 aromatic carbocycles. The van der Waals surface area contributed by atoms with Crippen molar-refractivity contribution >= 4 is 23.0 Å². The first-order valence-electron chi connectivity index (χ1n) is 4.99. The number of esters is 1. The molecule has 1 rings (SSSR count). The van der Waals surface area contributed by atoms with E-state index in [4.69, 9.17) is 5.73 Å². The minimum absolute atomic E-state index is 0.177. The molecule has 1 fully saturated rings. The Kier molecular flexibility index (Phi) is 5.04. The number of ether oxygens (including phenoxy) is 1. The molecule has 6 nitrogen and oxygen atoms in total. The Morgan fingerprint density at radius 2 is 2.31 bits per heavy atom. The van der Waals surface area contributed by atoms with E-state index in [0.29, 0.717) is 12.3 Å². The molecular formula is C9H16N2O4S. The molecule has 1 unspecified atom stereocenters. The van der Waals surface area contributed by atoms with Crippen LogP contribution in [0, 0.1) is 0 Å². The van der Waals surface area contributed by atoms with Gasteiger partial charge in [0.25, 0.3) is 5.24 Å². The molecule has 1 amide bonds. The first-order chi connectivity index (χ1) is 7.60. The Morgan fingerprint density at radius 1 is 1.62 bits per heavy atom. The summed E-state index contributed by atoms with van der Waals surface area (Å²) in [6.45, 7) is 0.575. The van der Waals surface area contributed by atoms with Crippen LogP contribution in [-0.4, -0.2) is 59.3 Å². The number of aliphatic hydroxyl groups is 1. The first-order valence-corrected chi connectivity index (χ1v) is 5.98. The number of hydrogen-bond donors (Lipinski definition) is 2. The van der Waals surface area contributed by atoms with Crippen molar-refractivity contribution in [2.24, 2.45) is 5.73 Å². The van der Waals surface area contributed by atoms with E-state index in [1.807, 2.05) is 0 Å². The van der Waals surface area contributed by atoms with Crippen molar-refractivity contribution in [2.75, 3.05) is 26.0 Å². The summed E-state index contributed by atoms with van der Waals surface area (Å²) in [5.74, 6) is 0.0116. The van der Waals surface area contributed by atoms with Crippen molar-refractivity contribution in [1.29, 1.82) is 0 Å². The molecular weight excluding hydrogens is 232 g/mol. The van der Waals surface area contributed by atoms with Crippen molar-refractivity contribution in [3.05, 3.63) is 0 Å². The molecule has 1 aliphatic rings. The number of likely N-dealkylation sites (tertiary alicyclic amines) is 1. The van der Waals surface area contributed by atoms with Gasteiger partial charge in [-0.05, 0) is 0 Å². The maximum absolute atomic E-state index is 11.7. The summed E-state index contributed by atoms with van der Waals surface area (Å²) in [5, 5.41) is 9.21. The van der Waals surface area contributed by atoms with Crippen molar-refractivity contribution in [1.82, 2.24) is 4.90 Å². The first kappa shape index (κ1) is 13.3.